The van der Waals surface area contributed by atoms with E-state index >= 15 is 0 Å². The molecule has 2 aromatic heterocycles. The number of pyridine rings is 1. The highest BCUT2D eigenvalue weighted by Crippen LogP contribution is 2.52. The van der Waals surface area contributed by atoms with E-state index in [1.807, 2.05) is 46.9 Å². The molecule has 3 fully saturated rings. The summed E-state index contributed by atoms with van der Waals surface area (Å²) in [6.45, 7) is 19.1. The van der Waals surface area contributed by atoms with Gasteiger partial charge in [0.25, 0.3) is 5.91 Å². The van der Waals surface area contributed by atoms with Gasteiger partial charge < -0.3 is 28.9 Å². The summed E-state index contributed by atoms with van der Waals surface area (Å²) >= 11 is 0. The number of anilines is 1. The second-order valence-corrected chi connectivity index (χ2v) is 14.5. The Morgan fingerprint density at radius 3 is 2.59 bits per heavy atom. The Morgan fingerprint density at radius 1 is 1.08 bits per heavy atom. The second kappa shape index (κ2) is 16.2. The van der Waals surface area contributed by atoms with Gasteiger partial charge in [-0.15, -0.1) is 0 Å². The number of amides is 1. The average molecular weight is 704 g/mol. The summed E-state index contributed by atoms with van der Waals surface area (Å²) in [5, 5.41) is 0. The summed E-state index contributed by atoms with van der Waals surface area (Å²) < 4.78 is 32.4. The van der Waals surface area contributed by atoms with Crippen LogP contribution in [0.25, 0.3) is 0 Å². The average Bonchev–Trinajstić information content (AvgIpc) is 3.08. The van der Waals surface area contributed by atoms with Gasteiger partial charge in [-0.25, -0.2) is 14.4 Å². The molecule has 0 N–H and O–H groups in total. The van der Waals surface area contributed by atoms with Gasteiger partial charge in [0.15, 0.2) is 11.6 Å². The van der Waals surface area contributed by atoms with Crippen LogP contribution < -0.4 is 14.4 Å². The fraction of sp³-hybridized carbons (Fsp3) is 0.590. The van der Waals surface area contributed by atoms with Gasteiger partial charge in [0.05, 0.1) is 18.4 Å². The molecule has 1 spiro atoms. The number of hydrogen-bond acceptors (Lipinski definition) is 10. The number of halogens is 1. The van der Waals surface area contributed by atoms with E-state index in [-0.39, 0.29) is 34.8 Å². The molecule has 1 saturated carbocycles. The van der Waals surface area contributed by atoms with Gasteiger partial charge in [0.1, 0.15) is 29.7 Å². The van der Waals surface area contributed by atoms with Gasteiger partial charge in [0, 0.05) is 101 Å². The summed E-state index contributed by atoms with van der Waals surface area (Å²) in [6.07, 6.45) is 8.08. The smallest absolute Gasteiger partial charge is 0.257 e. The zero-order valence-corrected chi connectivity index (χ0v) is 31.1. The SMILES string of the molecule is CC.CCN(C(=O)c1cc(F)ccc1Oc1cncnc1N1CC2(CC(Oc3ccnc4c3CN(CC3CN(CCOC)C3)CC4)C2)C1)C(C)C. The summed E-state index contributed by atoms with van der Waals surface area (Å²) in [6, 6.07) is 6.05. The minimum Gasteiger partial charge on any atom is -0.490 e. The Hall–Kier alpha value is -3.87. The van der Waals surface area contributed by atoms with Crippen molar-refractivity contribution in [3.05, 3.63) is 65.6 Å². The number of ether oxygens (including phenoxy) is 3. The highest BCUT2D eigenvalue weighted by molar-refractivity contribution is 5.97. The molecule has 1 aromatic carbocycles. The quantitative estimate of drug-likeness (QED) is 0.221. The van der Waals surface area contributed by atoms with Crippen LogP contribution in [0.2, 0.25) is 0 Å². The lowest BCUT2D eigenvalue weighted by molar-refractivity contribution is -0.0354. The predicted molar refractivity (Wildman–Crippen MR) is 195 cm³/mol. The van der Waals surface area contributed by atoms with Crippen molar-refractivity contribution in [2.75, 3.05) is 71.0 Å². The van der Waals surface area contributed by atoms with Crippen LogP contribution in [0.15, 0.2) is 43.0 Å². The van der Waals surface area contributed by atoms with E-state index in [0.717, 1.165) is 84.0 Å². The highest BCUT2D eigenvalue weighted by Gasteiger charge is 2.54. The normalized spacial score (nSPS) is 18.6. The predicted octanol–water partition coefficient (Wildman–Crippen LogP) is 5.68. The van der Waals surface area contributed by atoms with E-state index < -0.39 is 5.82 Å². The van der Waals surface area contributed by atoms with E-state index in [0.29, 0.717) is 24.0 Å². The summed E-state index contributed by atoms with van der Waals surface area (Å²) in [5.41, 5.74) is 2.76. The maximum atomic E-state index is 14.3. The number of carbonyl (C=O) groups excluding carboxylic acids is 1. The topological polar surface area (TPSA) is 96.4 Å². The number of nitrogens with zero attached hydrogens (tertiary/aromatic N) is 7. The fourth-order valence-corrected chi connectivity index (χ4v) is 8.03. The van der Waals surface area contributed by atoms with Crippen molar-refractivity contribution in [1.82, 2.24) is 29.7 Å². The first-order valence-electron chi connectivity index (χ1n) is 18.6. The van der Waals surface area contributed by atoms with Crippen molar-refractivity contribution in [3.8, 4) is 17.2 Å². The zero-order valence-electron chi connectivity index (χ0n) is 31.1. The van der Waals surface area contributed by atoms with E-state index in [4.69, 9.17) is 19.2 Å². The maximum Gasteiger partial charge on any atom is 0.257 e. The number of hydrogen-bond donors (Lipinski definition) is 0. The maximum absolute atomic E-state index is 14.3. The molecule has 4 aliphatic rings. The molecule has 11 nitrogen and oxygen atoms in total. The highest BCUT2D eigenvalue weighted by atomic mass is 19.1. The summed E-state index contributed by atoms with van der Waals surface area (Å²) in [4.78, 5) is 35.7. The monoisotopic (exact) mass is 703 g/mol. The number of carbonyl (C=O) groups is 1. The molecule has 0 atom stereocenters. The van der Waals surface area contributed by atoms with Gasteiger partial charge in [-0.3, -0.25) is 14.7 Å². The molecule has 2 saturated heterocycles. The third-order valence-corrected chi connectivity index (χ3v) is 10.6. The van der Waals surface area contributed by atoms with Gasteiger partial charge in [-0.1, -0.05) is 13.8 Å². The standard InChI is InChI=1S/C37H48FN7O4.C2H6/c1-5-45(25(2)3)36(46)29-14-27(38)6-7-32(29)49-34-17-39-24-41-35(34)44-22-37(23-44)15-28(16-37)48-33-8-10-40-31-9-11-42(21-30(31)33)18-26-19-43(20-26)12-13-47-4;1-2/h6-8,10,14,17,24-26,28H,5,9,11-13,15-16,18-23H2,1-4H3;1-2H3. The van der Waals surface area contributed by atoms with Crippen molar-refractivity contribution < 1.29 is 23.4 Å². The molecule has 12 heteroatoms. The number of aromatic nitrogens is 3. The lowest BCUT2D eigenvalue weighted by Crippen LogP contribution is -2.65. The molecule has 0 bridgehead atoms. The first-order chi connectivity index (χ1) is 24.7. The van der Waals surface area contributed by atoms with Crippen molar-refractivity contribution in [2.45, 2.75) is 72.6 Å². The molecule has 0 radical (unpaired) electrons. The Labute approximate surface area is 302 Å². The van der Waals surface area contributed by atoms with E-state index in [1.165, 1.54) is 35.8 Å². The van der Waals surface area contributed by atoms with Crippen molar-refractivity contribution >= 4 is 11.7 Å². The Bertz CT molecular complexity index is 1640. The van der Waals surface area contributed by atoms with E-state index in [9.17, 15) is 9.18 Å². The number of rotatable bonds is 13. The molecule has 3 aromatic rings. The van der Waals surface area contributed by atoms with Crippen LogP contribution in [-0.4, -0.2) is 114 Å². The van der Waals surface area contributed by atoms with Gasteiger partial charge in [-0.05, 0) is 63.8 Å². The minimum absolute atomic E-state index is 0.0363. The minimum atomic E-state index is -0.491. The molecule has 0 unspecified atom stereocenters. The largest absolute Gasteiger partial charge is 0.490 e. The van der Waals surface area contributed by atoms with Crippen LogP contribution in [-0.2, 0) is 17.7 Å². The van der Waals surface area contributed by atoms with Gasteiger partial charge >= 0.3 is 0 Å². The van der Waals surface area contributed by atoms with Crippen LogP contribution in [0.3, 0.4) is 0 Å². The van der Waals surface area contributed by atoms with Crippen molar-refractivity contribution in [2.24, 2.45) is 11.3 Å². The van der Waals surface area contributed by atoms with Crippen LogP contribution >= 0.6 is 0 Å². The van der Waals surface area contributed by atoms with Crippen LogP contribution in [0.5, 0.6) is 17.2 Å². The Kier molecular flexibility index (Phi) is 11.7. The van der Waals surface area contributed by atoms with Gasteiger partial charge in [-0.2, -0.15) is 0 Å². The van der Waals surface area contributed by atoms with Crippen molar-refractivity contribution in [1.29, 1.82) is 0 Å². The summed E-state index contributed by atoms with van der Waals surface area (Å²) in [5.74, 6) is 2.32. The zero-order chi connectivity index (χ0) is 36.1. The lowest BCUT2D eigenvalue weighted by atomic mass is 9.61. The van der Waals surface area contributed by atoms with Crippen molar-refractivity contribution in [3.63, 3.8) is 0 Å². The number of methoxy groups -OCH3 is 1. The van der Waals surface area contributed by atoms with Crippen LogP contribution in [0.4, 0.5) is 10.2 Å². The lowest BCUT2D eigenvalue weighted by Gasteiger charge is -2.59. The van der Waals surface area contributed by atoms with Gasteiger partial charge in [0.2, 0.25) is 0 Å². The molecular formula is C39H54FN7O4. The Morgan fingerprint density at radius 2 is 1.86 bits per heavy atom. The molecule has 1 aliphatic carbocycles. The molecule has 3 aliphatic heterocycles. The third kappa shape index (κ3) is 8.13. The molecule has 51 heavy (non-hydrogen) atoms. The molecule has 276 valence electrons. The molecule has 1 amide bonds. The third-order valence-electron chi connectivity index (χ3n) is 10.6. The first kappa shape index (κ1) is 36.9. The molecule has 7 rings (SSSR count). The van der Waals surface area contributed by atoms with E-state index in [1.54, 1.807) is 18.2 Å². The first-order valence-corrected chi connectivity index (χ1v) is 18.6. The number of fused-ring (bicyclic) bond motifs is 1. The van der Waals surface area contributed by atoms with Crippen LogP contribution in [0.1, 0.15) is 69.1 Å². The molecule has 5 heterocycles. The van der Waals surface area contributed by atoms with Crippen LogP contribution in [0, 0.1) is 17.2 Å². The number of benzene rings is 1. The number of likely N-dealkylation sites (tertiary alicyclic amines) is 1. The Balaban J connectivity index is 0.00000220. The fourth-order valence-electron chi connectivity index (χ4n) is 8.03. The summed E-state index contributed by atoms with van der Waals surface area (Å²) in [7, 11) is 1.76. The van der Waals surface area contributed by atoms with E-state index in [2.05, 4.69) is 24.7 Å². The second-order valence-electron chi connectivity index (χ2n) is 14.5. The molecular weight excluding hydrogens is 649 g/mol.